The fourth-order valence-corrected chi connectivity index (χ4v) is 2.89. The lowest BCUT2D eigenvalue weighted by molar-refractivity contribution is -0.00630. The van der Waals surface area contributed by atoms with Crippen LogP contribution in [0.4, 0.5) is 0 Å². The molecule has 2 N–H and O–H groups in total. The number of carbonyl (C=O) groups is 1. The average Bonchev–Trinajstić information content (AvgIpc) is 2.50. The molecule has 4 heteroatoms. The Morgan fingerprint density at radius 2 is 2.05 bits per heavy atom. The molecule has 1 aromatic rings. The molecule has 21 heavy (non-hydrogen) atoms. The third-order valence-corrected chi connectivity index (χ3v) is 4.40. The molecule has 0 amide bonds. The molecule has 1 aromatic carbocycles. The first-order valence-corrected chi connectivity index (χ1v) is 7.63. The molecule has 0 aliphatic heterocycles. The van der Waals surface area contributed by atoms with Crippen LogP contribution in [0.25, 0.3) is 0 Å². The molecule has 0 bridgehead atoms. The van der Waals surface area contributed by atoms with Crippen molar-refractivity contribution in [2.24, 2.45) is 5.92 Å². The van der Waals surface area contributed by atoms with E-state index in [-0.39, 0.29) is 5.97 Å². The summed E-state index contributed by atoms with van der Waals surface area (Å²) in [5, 5.41) is 13.8. The highest BCUT2D eigenvalue weighted by molar-refractivity contribution is 5.90. The second-order valence-corrected chi connectivity index (χ2v) is 6.16. The molecule has 1 aliphatic rings. The monoisotopic (exact) mass is 291 g/mol. The second kappa shape index (κ2) is 7.05. The average molecular weight is 291 g/mol. The standard InChI is InChI=1S/C17H25NO3/c1-13-7-9-17(20,10-8-13)12-18-11-14-5-3-4-6-15(14)16(19)21-2/h3-6,13,18,20H,7-12H2,1-2H3. The summed E-state index contributed by atoms with van der Waals surface area (Å²) in [7, 11) is 1.39. The number of ether oxygens (including phenoxy) is 1. The summed E-state index contributed by atoms with van der Waals surface area (Å²) < 4.78 is 4.79. The molecule has 0 saturated heterocycles. The summed E-state index contributed by atoms with van der Waals surface area (Å²) in [6, 6.07) is 7.40. The molecule has 0 unspecified atom stereocenters. The van der Waals surface area contributed by atoms with E-state index in [9.17, 15) is 9.90 Å². The van der Waals surface area contributed by atoms with E-state index in [1.807, 2.05) is 18.2 Å². The molecule has 1 saturated carbocycles. The van der Waals surface area contributed by atoms with Gasteiger partial charge in [0.1, 0.15) is 0 Å². The van der Waals surface area contributed by atoms with E-state index in [4.69, 9.17) is 4.74 Å². The minimum absolute atomic E-state index is 0.322. The van der Waals surface area contributed by atoms with Crippen molar-refractivity contribution in [3.05, 3.63) is 35.4 Å². The Hall–Kier alpha value is -1.39. The predicted molar refractivity (Wildman–Crippen MR) is 82.1 cm³/mol. The van der Waals surface area contributed by atoms with Crippen molar-refractivity contribution in [2.45, 2.75) is 44.8 Å². The molecule has 0 spiro atoms. The predicted octanol–water partition coefficient (Wildman–Crippen LogP) is 2.50. The summed E-state index contributed by atoms with van der Waals surface area (Å²) >= 11 is 0. The number of hydrogen-bond acceptors (Lipinski definition) is 4. The third-order valence-electron chi connectivity index (χ3n) is 4.40. The van der Waals surface area contributed by atoms with Crippen molar-refractivity contribution in [1.82, 2.24) is 5.32 Å². The zero-order chi connectivity index (χ0) is 15.3. The fraction of sp³-hybridized carbons (Fsp3) is 0.588. The molecular weight excluding hydrogens is 266 g/mol. The lowest BCUT2D eigenvalue weighted by Gasteiger charge is -2.35. The van der Waals surface area contributed by atoms with E-state index in [0.29, 0.717) is 24.6 Å². The van der Waals surface area contributed by atoms with Crippen LogP contribution in [0.3, 0.4) is 0 Å². The van der Waals surface area contributed by atoms with Gasteiger partial charge in [-0.3, -0.25) is 0 Å². The zero-order valence-corrected chi connectivity index (χ0v) is 12.9. The number of hydrogen-bond donors (Lipinski definition) is 2. The van der Waals surface area contributed by atoms with E-state index >= 15 is 0 Å². The first kappa shape index (κ1) is 16.0. The summed E-state index contributed by atoms with van der Waals surface area (Å²) in [6.07, 6.45) is 3.85. The van der Waals surface area contributed by atoms with Gasteiger partial charge >= 0.3 is 5.97 Å². The number of methoxy groups -OCH3 is 1. The molecule has 0 heterocycles. The van der Waals surface area contributed by atoms with Crippen molar-refractivity contribution in [3.8, 4) is 0 Å². The van der Waals surface area contributed by atoms with Crippen molar-refractivity contribution < 1.29 is 14.6 Å². The Morgan fingerprint density at radius 1 is 1.38 bits per heavy atom. The highest BCUT2D eigenvalue weighted by atomic mass is 16.5. The summed E-state index contributed by atoms with van der Waals surface area (Å²) in [5.74, 6) is 0.392. The number of rotatable bonds is 5. The topological polar surface area (TPSA) is 58.6 Å². The van der Waals surface area contributed by atoms with Gasteiger partial charge in [0.25, 0.3) is 0 Å². The van der Waals surface area contributed by atoms with Crippen LogP contribution in [-0.2, 0) is 11.3 Å². The van der Waals surface area contributed by atoms with Crippen LogP contribution in [-0.4, -0.2) is 30.3 Å². The van der Waals surface area contributed by atoms with Gasteiger partial charge in [-0.1, -0.05) is 25.1 Å². The fourth-order valence-electron chi connectivity index (χ4n) is 2.89. The maximum atomic E-state index is 11.7. The first-order chi connectivity index (χ1) is 10.0. The minimum atomic E-state index is -0.604. The van der Waals surface area contributed by atoms with Crippen LogP contribution in [0, 0.1) is 5.92 Å². The molecule has 0 aromatic heterocycles. The smallest absolute Gasteiger partial charge is 0.338 e. The van der Waals surface area contributed by atoms with E-state index in [1.165, 1.54) is 7.11 Å². The SMILES string of the molecule is COC(=O)c1ccccc1CNCC1(O)CCC(C)CC1. The molecule has 0 atom stereocenters. The van der Waals surface area contributed by atoms with E-state index in [2.05, 4.69) is 12.2 Å². The molecule has 2 rings (SSSR count). The number of nitrogens with one attached hydrogen (secondary N) is 1. The molecular formula is C17H25NO3. The second-order valence-electron chi connectivity index (χ2n) is 6.16. The zero-order valence-electron chi connectivity index (χ0n) is 12.9. The Bertz CT molecular complexity index is 479. The van der Waals surface area contributed by atoms with E-state index in [0.717, 1.165) is 31.2 Å². The van der Waals surface area contributed by atoms with Gasteiger partial charge in [-0.15, -0.1) is 0 Å². The maximum Gasteiger partial charge on any atom is 0.338 e. The van der Waals surface area contributed by atoms with Crippen molar-refractivity contribution in [3.63, 3.8) is 0 Å². The normalized spacial score (nSPS) is 25.6. The van der Waals surface area contributed by atoms with Gasteiger partial charge in [0.05, 0.1) is 18.3 Å². The minimum Gasteiger partial charge on any atom is -0.465 e. The van der Waals surface area contributed by atoms with Gasteiger partial charge in [-0.05, 0) is 43.2 Å². The Kier molecular flexibility index (Phi) is 5.37. The molecule has 0 radical (unpaired) electrons. The van der Waals surface area contributed by atoms with Gasteiger partial charge in [0, 0.05) is 13.1 Å². The lowest BCUT2D eigenvalue weighted by atomic mass is 9.79. The van der Waals surface area contributed by atoms with Crippen LogP contribution < -0.4 is 5.32 Å². The highest BCUT2D eigenvalue weighted by Crippen LogP contribution is 2.31. The van der Waals surface area contributed by atoms with Crippen LogP contribution in [0.5, 0.6) is 0 Å². The van der Waals surface area contributed by atoms with Gasteiger partial charge in [0.2, 0.25) is 0 Å². The quantitative estimate of drug-likeness (QED) is 0.818. The molecule has 1 aliphatic carbocycles. The van der Waals surface area contributed by atoms with Crippen molar-refractivity contribution >= 4 is 5.97 Å². The first-order valence-electron chi connectivity index (χ1n) is 7.63. The molecule has 116 valence electrons. The molecule has 4 nitrogen and oxygen atoms in total. The number of carbonyl (C=O) groups excluding carboxylic acids is 1. The highest BCUT2D eigenvalue weighted by Gasteiger charge is 2.31. The lowest BCUT2D eigenvalue weighted by Crippen LogP contribution is -2.43. The van der Waals surface area contributed by atoms with Gasteiger partial charge in [-0.25, -0.2) is 4.79 Å². The number of aliphatic hydroxyl groups is 1. The van der Waals surface area contributed by atoms with Crippen molar-refractivity contribution in [2.75, 3.05) is 13.7 Å². The maximum absolute atomic E-state index is 11.7. The Labute approximate surface area is 126 Å². The van der Waals surface area contributed by atoms with Gasteiger partial charge in [0.15, 0.2) is 0 Å². The van der Waals surface area contributed by atoms with Crippen molar-refractivity contribution in [1.29, 1.82) is 0 Å². The van der Waals surface area contributed by atoms with Crippen LogP contribution in [0.2, 0.25) is 0 Å². The summed E-state index contributed by atoms with van der Waals surface area (Å²) in [4.78, 5) is 11.7. The Morgan fingerprint density at radius 3 is 2.71 bits per heavy atom. The summed E-state index contributed by atoms with van der Waals surface area (Å²) in [6.45, 7) is 3.36. The third kappa shape index (κ3) is 4.29. The molecule has 1 fully saturated rings. The van der Waals surface area contributed by atoms with Crippen LogP contribution in [0.15, 0.2) is 24.3 Å². The van der Waals surface area contributed by atoms with Gasteiger partial charge in [-0.2, -0.15) is 0 Å². The summed E-state index contributed by atoms with van der Waals surface area (Å²) in [5.41, 5.74) is 0.876. The van der Waals surface area contributed by atoms with E-state index in [1.54, 1.807) is 6.07 Å². The van der Waals surface area contributed by atoms with Gasteiger partial charge < -0.3 is 15.2 Å². The van der Waals surface area contributed by atoms with E-state index < -0.39 is 5.60 Å². The van der Waals surface area contributed by atoms with Crippen LogP contribution in [0.1, 0.15) is 48.5 Å². The number of benzene rings is 1. The Balaban J connectivity index is 1.90. The van der Waals surface area contributed by atoms with Crippen LogP contribution >= 0.6 is 0 Å². The number of esters is 1. The largest absolute Gasteiger partial charge is 0.465 e.